The number of hydrogen-bond donors (Lipinski definition) is 4. The second-order valence-corrected chi connectivity index (χ2v) is 16.5. The van der Waals surface area contributed by atoms with E-state index in [0.29, 0.717) is 13.1 Å². The number of H-pyrrole nitrogens is 2. The molecule has 0 spiro atoms. The Bertz CT molecular complexity index is 2580. The van der Waals surface area contributed by atoms with Crippen LogP contribution in [-0.2, 0) is 14.4 Å². The summed E-state index contributed by atoms with van der Waals surface area (Å²) in [6.45, 7) is 2.12. The van der Waals surface area contributed by atoms with Crippen molar-refractivity contribution in [2.45, 2.75) is 68.7 Å². The monoisotopic (exact) mass is 825 g/mol. The predicted molar refractivity (Wildman–Crippen MR) is 238 cm³/mol. The molecular weight excluding hydrogens is 775 g/mol. The fourth-order valence-corrected chi connectivity index (χ4v) is 9.11. The SMILES string of the molecule is CN1CCCC1C(=O)N[C@@H](C(=O)N1CCC[C@H]1c1ncc(-c2ccc(C#Cc3ccc(-c4cnc([C@@H]5CCCN5C(=O)[C@H](N)c5ccccc5)[nH]4)cc3)cc2)[nH]1)c1ccccc1. The number of imidazole rings is 2. The quantitative estimate of drug-likeness (QED) is 0.110. The molecule has 3 fully saturated rings. The number of carbonyl (C=O) groups excluding carboxylic acids is 3. The van der Waals surface area contributed by atoms with Gasteiger partial charge in [0.1, 0.15) is 23.7 Å². The zero-order valence-corrected chi connectivity index (χ0v) is 34.8. The Labute approximate surface area is 362 Å². The Morgan fingerprint density at radius 2 is 1.13 bits per heavy atom. The standard InChI is InChI=1S/C50H51N9O3/c1-57-28-8-17-43(57)48(60)56-45(38-13-6-3-7-14-38)50(62)59-30-10-16-42(59)47-53-32-40(55-47)36-26-22-34(23-27-36)19-18-33-20-24-35(25-21-33)39-31-52-46(54-39)41-15-9-29-58(41)49(61)44(51)37-11-4-2-5-12-37/h2-7,11-14,20-27,31-32,41-45H,8-10,15-17,28-30,51H2,1H3,(H,52,54)(H,53,55)(H,56,60)/t41-,42-,43?,44+,45+/m0/s1. The summed E-state index contributed by atoms with van der Waals surface area (Å²) in [7, 11) is 1.96. The van der Waals surface area contributed by atoms with Crippen LogP contribution in [0.2, 0.25) is 0 Å². The van der Waals surface area contributed by atoms with Crippen molar-refractivity contribution >= 4 is 17.7 Å². The van der Waals surface area contributed by atoms with Gasteiger partial charge in [0.2, 0.25) is 17.7 Å². The predicted octanol–water partition coefficient (Wildman–Crippen LogP) is 6.85. The second kappa shape index (κ2) is 18.0. The normalized spacial score (nSPS) is 19.8. The van der Waals surface area contributed by atoms with Crippen molar-refractivity contribution in [1.29, 1.82) is 0 Å². The number of likely N-dealkylation sites (tertiary alicyclic amines) is 3. The van der Waals surface area contributed by atoms with Gasteiger partial charge in [0, 0.05) is 24.2 Å². The summed E-state index contributed by atoms with van der Waals surface area (Å²) >= 11 is 0. The summed E-state index contributed by atoms with van der Waals surface area (Å²) in [6.07, 6.45) is 8.75. The van der Waals surface area contributed by atoms with E-state index in [4.69, 9.17) is 10.7 Å². The summed E-state index contributed by atoms with van der Waals surface area (Å²) in [6, 6.07) is 33.0. The van der Waals surface area contributed by atoms with Crippen LogP contribution in [0.1, 0.15) is 96.6 Å². The average Bonchev–Trinajstić information content (AvgIpc) is 4.18. The summed E-state index contributed by atoms with van der Waals surface area (Å²) in [5, 5.41) is 3.11. The number of likely N-dealkylation sites (N-methyl/N-ethyl adjacent to an activating group) is 1. The lowest BCUT2D eigenvalue weighted by molar-refractivity contribution is -0.138. The van der Waals surface area contributed by atoms with Gasteiger partial charge in [-0.05, 0) is 98.6 Å². The molecule has 3 aliphatic rings. The molecule has 1 unspecified atom stereocenters. The molecule has 2 aromatic heterocycles. The average molecular weight is 826 g/mol. The minimum absolute atomic E-state index is 0.0879. The third-order valence-corrected chi connectivity index (χ3v) is 12.6. The van der Waals surface area contributed by atoms with Crippen molar-refractivity contribution in [1.82, 2.24) is 40.0 Å². The Hall–Kier alpha value is -6.81. The largest absolute Gasteiger partial charge is 0.340 e. The number of hydrogen-bond acceptors (Lipinski definition) is 7. The van der Waals surface area contributed by atoms with Gasteiger partial charge in [-0.2, -0.15) is 0 Å². The van der Waals surface area contributed by atoms with Gasteiger partial charge in [0.25, 0.3) is 0 Å². The van der Waals surface area contributed by atoms with Gasteiger partial charge in [0.15, 0.2) is 0 Å². The van der Waals surface area contributed by atoms with Gasteiger partial charge in [-0.1, -0.05) is 96.8 Å². The van der Waals surface area contributed by atoms with E-state index in [1.807, 2.05) is 138 Å². The van der Waals surface area contributed by atoms with Crippen LogP contribution in [0.3, 0.4) is 0 Å². The number of aromatic nitrogens is 4. The Morgan fingerprint density at radius 3 is 1.63 bits per heavy atom. The van der Waals surface area contributed by atoms with E-state index in [2.05, 4.69) is 37.0 Å². The zero-order valence-electron chi connectivity index (χ0n) is 34.8. The van der Waals surface area contributed by atoms with E-state index in [9.17, 15) is 14.4 Å². The van der Waals surface area contributed by atoms with Crippen molar-refractivity contribution in [2.24, 2.45) is 5.73 Å². The van der Waals surface area contributed by atoms with Crippen LogP contribution in [0.5, 0.6) is 0 Å². The maximum Gasteiger partial charge on any atom is 0.250 e. The van der Waals surface area contributed by atoms with E-state index in [1.54, 1.807) is 0 Å². The lowest BCUT2D eigenvalue weighted by Gasteiger charge is -2.30. The Morgan fingerprint density at radius 1 is 0.645 bits per heavy atom. The second-order valence-electron chi connectivity index (χ2n) is 16.5. The van der Waals surface area contributed by atoms with Crippen LogP contribution in [0.4, 0.5) is 0 Å². The van der Waals surface area contributed by atoms with Crippen molar-refractivity contribution < 1.29 is 14.4 Å². The minimum Gasteiger partial charge on any atom is -0.340 e. The number of aromatic amines is 2. The summed E-state index contributed by atoms with van der Waals surface area (Å²) in [5.74, 6) is 7.74. The molecule has 3 saturated heterocycles. The Balaban J connectivity index is 0.830. The van der Waals surface area contributed by atoms with E-state index >= 15 is 0 Å². The molecule has 6 aromatic rings. The zero-order chi connectivity index (χ0) is 42.6. The number of carbonyl (C=O) groups is 3. The maximum absolute atomic E-state index is 14.3. The molecule has 12 nitrogen and oxygen atoms in total. The molecule has 0 saturated carbocycles. The maximum atomic E-state index is 14.3. The van der Waals surface area contributed by atoms with Gasteiger partial charge < -0.3 is 30.8 Å². The third kappa shape index (κ3) is 8.55. The number of benzene rings is 4. The first kappa shape index (κ1) is 40.6. The van der Waals surface area contributed by atoms with Gasteiger partial charge in [-0.25, -0.2) is 9.97 Å². The highest BCUT2D eigenvalue weighted by Crippen LogP contribution is 2.35. The van der Waals surface area contributed by atoms with Gasteiger partial charge >= 0.3 is 0 Å². The summed E-state index contributed by atoms with van der Waals surface area (Å²) in [5.41, 5.74) is 13.4. The molecule has 0 radical (unpaired) electrons. The fourth-order valence-electron chi connectivity index (χ4n) is 9.11. The first-order chi connectivity index (χ1) is 30.3. The first-order valence-electron chi connectivity index (χ1n) is 21.6. The molecule has 5 N–H and O–H groups in total. The number of rotatable bonds is 10. The lowest BCUT2D eigenvalue weighted by Crippen LogP contribution is -2.48. The van der Waals surface area contributed by atoms with Crippen molar-refractivity contribution in [3.8, 4) is 34.4 Å². The molecule has 0 aliphatic carbocycles. The third-order valence-electron chi connectivity index (χ3n) is 12.6. The van der Waals surface area contributed by atoms with Crippen LogP contribution in [0.25, 0.3) is 22.5 Å². The molecule has 5 heterocycles. The topological polar surface area (TPSA) is 156 Å². The number of amides is 3. The summed E-state index contributed by atoms with van der Waals surface area (Å²) < 4.78 is 0. The number of nitrogens with two attached hydrogens (primary N) is 1. The summed E-state index contributed by atoms with van der Waals surface area (Å²) in [4.78, 5) is 63.2. The highest BCUT2D eigenvalue weighted by molar-refractivity contribution is 5.91. The highest BCUT2D eigenvalue weighted by Gasteiger charge is 2.39. The fraction of sp³-hybridized carbons (Fsp3) is 0.300. The lowest BCUT2D eigenvalue weighted by atomic mass is 10.0. The molecular formula is C50H51N9O3. The molecule has 4 aromatic carbocycles. The molecule has 9 rings (SSSR count). The molecule has 62 heavy (non-hydrogen) atoms. The van der Waals surface area contributed by atoms with Crippen molar-refractivity contribution in [2.75, 3.05) is 26.7 Å². The molecule has 314 valence electrons. The van der Waals surface area contributed by atoms with E-state index in [1.165, 1.54) is 0 Å². The number of nitrogens with zero attached hydrogens (tertiary/aromatic N) is 5. The molecule has 5 atom stereocenters. The van der Waals surface area contributed by atoms with Gasteiger partial charge in [0.05, 0.1) is 41.9 Å². The van der Waals surface area contributed by atoms with E-state index in [0.717, 1.165) is 101 Å². The smallest absolute Gasteiger partial charge is 0.250 e. The molecule has 0 bridgehead atoms. The highest BCUT2D eigenvalue weighted by atomic mass is 16.2. The number of nitrogens with one attached hydrogen (secondary N) is 3. The van der Waals surface area contributed by atoms with Crippen LogP contribution < -0.4 is 11.1 Å². The van der Waals surface area contributed by atoms with Gasteiger partial charge in [-0.3, -0.25) is 19.3 Å². The van der Waals surface area contributed by atoms with Crippen LogP contribution in [0.15, 0.2) is 122 Å². The van der Waals surface area contributed by atoms with E-state index < -0.39 is 12.1 Å². The molecule has 12 heteroatoms. The Kier molecular flexibility index (Phi) is 11.8. The van der Waals surface area contributed by atoms with Gasteiger partial charge in [-0.15, -0.1) is 0 Å². The molecule has 3 aliphatic heterocycles. The minimum atomic E-state index is -0.775. The van der Waals surface area contributed by atoms with Crippen LogP contribution in [0, 0.1) is 11.8 Å². The molecule has 3 amide bonds. The van der Waals surface area contributed by atoms with Crippen LogP contribution >= 0.6 is 0 Å². The van der Waals surface area contributed by atoms with E-state index in [-0.39, 0.29) is 35.8 Å². The van der Waals surface area contributed by atoms with Crippen LogP contribution in [-0.4, -0.2) is 85.1 Å². The van der Waals surface area contributed by atoms with Crippen molar-refractivity contribution in [3.05, 3.63) is 155 Å². The first-order valence-corrected chi connectivity index (χ1v) is 21.6. The van der Waals surface area contributed by atoms with Crippen molar-refractivity contribution in [3.63, 3.8) is 0 Å².